The maximum atomic E-state index is 13.5. The Morgan fingerprint density at radius 3 is 2.65 bits per heavy atom. The smallest absolute Gasteiger partial charge is 0.402 e. The monoisotopic (exact) mass is 569 g/mol. The van der Waals surface area contributed by atoms with Crippen molar-refractivity contribution in [2.45, 2.75) is 19.3 Å². The number of rotatable bonds is 5. The number of benzene rings is 1. The van der Waals surface area contributed by atoms with Gasteiger partial charge in [0.2, 0.25) is 6.17 Å². The van der Waals surface area contributed by atoms with E-state index in [9.17, 15) is 18.0 Å². The fourth-order valence-electron chi connectivity index (χ4n) is 4.46. The highest BCUT2D eigenvalue weighted by Crippen LogP contribution is 2.37. The highest BCUT2D eigenvalue weighted by atomic mass is 32.1. The number of carbonyl (C=O) groups is 1. The van der Waals surface area contributed by atoms with Crippen molar-refractivity contribution in [1.82, 2.24) is 15.2 Å². The van der Waals surface area contributed by atoms with Crippen LogP contribution in [0.5, 0.6) is 0 Å². The standard InChI is InChI=1S/C26H22F3N7O3S/c1-14-11-17-19(15-5-3-2-4-6-15)31-21(22(37)33-24(17)40-14)32-25-35-34-23(39-25)20-18(36-7-9-38-10-8-36)12-16(13-30-20)26(27,28)29/h2-6,11-13,21H,7-10H2,1H3,(H,32,35)(H,33,37)/t21-/m0/s1. The van der Waals surface area contributed by atoms with Crippen molar-refractivity contribution < 1.29 is 27.1 Å². The lowest BCUT2D eigenvalue weighted by molar-refractivity contribution is -0.137. The molecule has 0 spiro atoms. The lowest BCUT2D eigenvalue weighted by Crippen LogP contribution is -2.36. The summed E-state index contributed by atoms with van der Waals surface area (Å²) in [6, 6.07) is 12.3. The minimum atomic E-state index is -4.57. The molecule has 0 unspecified atom stereocenters. The minimum Gasteiger partial charge on any atom is -0.402 e. The second-order valence-corrected chi connectivity index (χ2v) is 10.3. The van der Waals surface area contributed by atoms with Gasteiger partial charge >= 0.3 is 12.2 Å². The van der Waals surface area contributed by atoms with Crippen molar-refractivity contribution >= 4 is 39.7 Å². The molecule has 3 aromatic heterocycles. The predicted molar refractivity (Wildman–Crippen MR) is 143 cm³/mol. The summed E-state index contributed by atoms with van der Waals surface area (Å²) in [5.74, 6) is -0.538. The number of aryl methyl sites for hydroxylation is 1. The number of anilines is 3. The van der Waals surface area contributed by atoms with Crippen molar-refractivity contribution in [3.8, 4) is 11.6 Å². The van der Waals surface area contributed by atoms with E-state index in [4.69, 9.17) is 14.1 Å². The minimum absolute atomic E-state index is 0.0897. The SMILES string of the molecule is Cc1cc2c(s1)NC(=O)[C@H](Nc1nnc(-c3ncc(C(F)(F)F)cc3N3CCOCC3)o1)N=C2c1ccccc1. The molecular weight excluding hydrogens is 547 g/mol. The number of fused-ring (bicyclic) bond motifs is 1. The van der Waals surface area contributed by atoms with Crippen LogP contribution in [0.1, 0.15) is 21.6 Å². The number of morpholine rings is 1. The lowest BCUT2D eigenvalue weighted by atomic mass is 10.0. The number of nitrogens with zero attached hydrogens (tertiary/aromatic N) is 5. The van der Waals surface area contributed by atoms with E-state index in [1.165, 1.54) is 11.3 Å². The van der Waals surface area contributed by atoms with E-state index in [1.807, 2.05) is 43.3 Å². The van der Waals surface area contributed by atoms with E-state index in [2.05, 4.69) is 25.8 Å². The summed E-state index contributed by atoms with van der Waals surface area (Å²) in [5, 5.41) is 14.4. The summed E-state index contributed by atoms with van der Waals surface area (Å²) in [6.45, 7) is 3.41. The van der Waals surface area contributed by atoms with Crippen molar-refractivity contribution in [2.24, 2.45) is 4.99 Å². The summed E-state index contributed by atoms with van der Waals surface area (Å²) in [4.78, 5) is 24.6. The van der Waals surface area contributed by atoms with E-state index >= 15 is 0 Å². The molecule has 4 aromatic rings. The Hall–Kier alpha value is -4.30. The van der Waals surface area contributed by atoms with Crippen molar-refractivity contribution in [3.63, 3.8) is 0 Å². The van der Waals surface area contributed by atoms with Crippen LogP contribution >= 0.6 is 11.3 Å². The van der Waals surface area contributed by atoms with Gasteiger partial charge in [0.15, 0.2) is 5.69 Å². The van der Waals surface area contributed by atoms with Crippen LogP contribution in [-0.2, 0) is 15.7 Å². The van der Waals surface area contributed by atoms with E-state index < -0.39 is 23.8 Å². The number of ether oxygens (including phenoxy) is 1. The molecule has 1 aromatic carbocycles. The van der Waals surface area contributed by atoms with Gasteiger partial charge in [-0.2, -0.15) is 13.2 Å². The van der Waals surface area contributed by atoms with Crippen molar-refractivity contribution in [2.75, 3.05) is 41.8 Å². The van der Waals surface area contributed by atoms with E-state index in [0.717, 1.165) is 28.3 Å². The van der Waals surface area contributed by atoms with Crippen LogP contribution < -0.4 is 15.5 Å². The zero-order valence-electron chi connectivity index (χ0n) is 21.0. The van der Waals surface area contributed by atoms with E-state index in [-0.39, 0.29) is 23.3 Å². The summed E-state index contributed by atoms with van der Waals surface area (Å²) >= 11 is 1.44. The number of aromatic nitrogens is 3. The number of carbonyl (C=O) groups excluding carboxylic acids is 1. The average Bonchev–Trinajstić information content (AvgIpc) is 3.54. The summed E-state index contributed by atoms with van der Waals surface area (Å²) in [7, 11) is 0. The third kappa shape index (κ3) is 5.14. The zero-order chi connectivity index (χ0) is 27.9. The third-order valence-corrected chi connectivity index (χ3v) is 7.30. The number of hydrogen-bond donors (Lipinski definition) is 2. The van der Waals surface area contributed by atoms with Gasteiger partial charge in [0.25, 0.3) is 11.8 Å². The summed E-state index contributed by atoms with van der Waals surface area (Å²) < 4.78 is 51.5. The lowest BCUT2D eigenvalue weighted by Gasteiger charge is -2.30. The Morgan fingerprint density at radius 1 is 1.12 bits per heavy atom. The molecule has 14 heteroatoms. The zero-order valence-corrected chi connectivity index (χ0v) is 21.8. The molecule has 2 aliphatic rings. The molecule has 5 heterocycles. The largest absolute Gasteiger partial charge is 0.417 e. The normalized spacial score (nSPS) is 17.6. The van der Waals surface area contributed by atoms with Crippen LogP contribution in [0.3, 0.4) is 0 Å². The number of alkyl halides is 3. The van der Waals surface area contributed by atoms with E-state index in [1.54, 1.807) is 4.90 Å². The molecule has 1 atom stereocenters. The van der Waals surface area contributed by atoms with Gasteiger partial charge in [0.05, 0.1) is 30.2 Å². The highest BCUT2D eigenvalue weighted by molar-refractivity contribution is 7.16. The molecular formula is C26H22F3N7O3S. The van der Waals surface area contributed by atoms with Gasteiger partial charge in [-0.15, -0.1) is 16.4 Å². The van der Waals surface area contributed by atoms with Crippen molar-refractivity contribution in [3.05, 3.63) is 70.2 Å². The van der Waals surface area contributed by atoms with Crippen LogP contribution in [0.2, 0.25) is 0 Å². The van der Waals surface area contributed by atoms with Gasteiger partial charge in [0, 0.05) is 35.3 Å². The Balaban J connectivity index is 1.33. The second-order valence-electron chi connectivity index (χ2n) is 9.08. The molecule has 1 amide bonds. The quantitative estimate of drug-likeness (QED) is 0.359. The number of aliphatic imine (C=N–C) groups is 1. The van der Waals surface area contributed by atoms with Gasteiger partial charge in [-0.25, -0.2) is 9.98 Å². The average molecular weight is 570 g/mol. The molecule has 2 N–H and O–H groups in total. The third-order valence-electron chi connectivity index (χ3n) is 6.34. The molecule has 0 aliphatic carbocycles. The number of nitrogens with one attached hydrogen (secondary N) is 2. The van der Waals surface area contributed by atoms with Crippen LogP contribution in [0.4, 0.5) is 29.9 Å². The molecule has 0 saturated carbocycles. The number of halogens is 3. The Bertz CT molecular complexity index is 1580. The van der Waals surface area contributed by atoms with Crippen LogP contribution in [0.25, 0.3) is 11.6 Å². The predicted octanol–water partition coefficient (Wildman–Crippen LogP) is 4.58. The maximum absolute atomic E-state index is 13.5. The van der Waals surface area contributed by atoms with Crippen LogP contribution in [0.15, 0.2) is 58.1 Å². The first-order chi connectivity index (χ1) is 19.3. The van der Waals surface area contributed by atoms with Gasteiger partial charge < -0.3 is 24.7 Å². The molecule has 0 radical (unpaired) electrons. The summed E-state index contributed by atoms with van der Waals surface area (Å²) in [6.07, 6.45) is -4.97. The summed E-state index contributed by atoms with van der Waals surface area (Å²) in [5.41, 5.74) is 1.62. The van der Waals surface area contributed by atoms with Crippen LogP contribution in [-0.4, -0.2) is 59.3 Å². The first-order valence-electron chi connectivity index (χ1n) is 12.3. The van der Waals surface area contributed by atoms with Gasteiger partial charge in [-0.05, 0) is 19.1 Å². The van der Waals surface area contributed by atoms with Crippen molar-refractivity contribution in [1.29, 1.82) is 0 Å². The van der Waals surface area contributed by atoms with E-state index in [0.29, 0.717) is 37.0 Å². The molecule has 40 heavy (non-hydrogen) atoms. The van der Waals surface area contributed by atoms with Crippen LogP contribution in [0, 0.1) is 6.92 Å². The number of thiophene rings is 1. The number of pyridine rings is 1. The molecule has 1 fully saturated rings. The fourth-order valence-corrected chi connectivity index (χ4v) is 5.37. The maximum Gasteiger partial charge on any atom is 0.417 e. The fraction of sp³-hybridized carbons (Fsp3) is 0.269. The Kier molecular flexibility index (Phi) is 6.72. The molecule has 10 nitrogen and oxygen atoms in total. The molecule has 2 aliphatic heterocycles. The van der Waals surface area contributed by atoms with Gasteiger partial charge in [-0.1, -0.05) is 35.4 Å². The van der Waals surface area contributed by atoms with Gasteiger partial charge in [0.1, 0.15) is 5.00 Å². The first kappa shape index (κ1) is 26.0. The molecule has 206 valence electrons. The number of amides is 1. The second kappa shape index (κ2) is 10.4. The first-order valence-corrected chi connectivity index (χ1v) is 13.1. The Morgan fingerprint density at radius 2 is 1.90 bits per heavy atom. The molecule has 0 bridgehead atoms. The number of hydrogen-bond acceptors (Lipinski definition) is 10. The highest BCUT2D eigenvalue weighted by Gasteiger charge is 2.34. The molecule has 1 saturated heterocycles. The Labute approximate surface area is 229 Å². The molecule has 6 rings (SSSR count). The topological polar surface area (TPSA) is 118 Å². The van der Waals surface area contributed by atoms with Gasteiger partial charge in [-0.3, -0.25) is 4.79 Å².